The molecule has 0 N–H and O–H groups in total. The van der Waals surface area contributed by atoms with Crippen LogP contribution in [0.1, 0.15) is 25.0 Å². The van der Waals surface area contributed by atoms with Crippen LogP contribution in [0.5, 0.6) is 0 Å². The van der Waals surface area contributed by atoms with Crippen LogP contribution in [-0.2, 0) is 5.41 Å². The van der Waals surface area contributed by atoms with Crippen molar-refractivity contribution in [2.75, 3.05) is 4.90 Å². The van der Waals surface area contributed by atoms with Gasteiger partial charge in [-0.15, -0.1) is 11.3 Å². The summed E-state index contributed by atoms with van der Waals surface area (Å²) in [6.45, 7) is 4.68. The lowest BCUT2D eigenvalue weighted by Gasteiger charge is -2.29. The van der Waals surface area contributed by atoms with Gasteiger partial charge in [-0.05, 0) is 89.5 Å². The van der Waals surface area contributed by atoms with E-state index >= 15 is 0 Å². The first-order valence-electron chi connectivity index (χ1n) is 17.3. The van der Waals surface area contributed by atoms with Crippen molar-refractivity contribution in [1.29, 1.82) is 0 Å². The van der Waals surface area contributed by atoms with Crippen LogP contribution in [0.25, 0.3) is 75.8 Å². The van der Waals surface area contributed by atoms with Crippen LogP contribution < -0.4 is 4.90 Å². The molecule has 0 saturated carbocycles. The van der Waals surface area contributed by atoms with Crippen LogP contribution in [0.2, 0.25) is 0 Å². The Kier molecular flexibility index (Phi) is 5.85. The summed E-state index contributed by atoms with van der Waals surface area (Å²) < 4.78 is 15.2. The smallest absolute Gasteiger partial charge is 0.227 e. The standard InChI is InChI=1S/C46H30N2O2S/c1-46(2)34-13-6-3-11-31(34)42-35(46)14-9-15-37(42)48(29-22-25-41-33(26-29)30-10-5-8-17-40(30)51-41)28-20-18-27(19-21-28)45-47-36-23-24-39-43(44(36)50-45)32-12-4-7-16-38(32)49-39/h3-26H,1-2H3. The number of oxazole rings is 1. The molecule has 0 atom stereocenters. The molecular formula is C46H30N2O2S. The Bertz CT molecular complexity index is 3020. The van der Waals surface area contributed by atoms with E-state index in [0.717, 1.165) is 55.7 Å². The molecule has 10 aromatic rings. The fourth-order valence-corrected chi connectivity index (χ4v) is 9.36. The van der Waals surface area contributed by atoms with Crippen molar-refractivity contribution < 1.29 is 8.83 Å². The Morgan fingerprint density at radius 3 is 2.24 bits per heavy atom. The Labute approximate surface area is 297 Å². The SMILES string of the molecule is CC1(C)c2ccccc2-c2c(N(c3ccc(-c4nc5ccc6oc7ccccc7c6c5o4)cc3)c3ccc4sc5ccccc5c4c3)cccc21. The van der Waals surface area contributed by atoms with Crippen LogP contribution in [0.4, 0.5) is 17.1 Å². The maximum absolute atomic E-state index is 6.52. The third kappa shape index (κ3) is 4.10. The molecule has 4 nitrogen and oxygen atoms in total. The first-order chi connectivity index (χ1) is 25.0. The highest BCUT2D eigenvalue weighted by atomic mass is 32.1. The van der Waals surface area contributed by atoms with Crippen LogP contribution in [0, 0.1) is 0 Å². The quantitative estimate of drug-likeness (QED) is 0.186. The zero-order valence-corrected chi connectivity index (χ0v) is 28.8. The van der Waals surface area contributed by atoms with Gasteiger partial charge in [-0.25, -0.2) is 4.98 Å². The highest BCUT2D eigenvalue weighted by molar-refractivity contribution is 7.25. The predicted molar refractivity (Wildman–Crippen MR) is 212 cm³/mol. The average molecular weight is 675 g/mol. The van der Waals surface area contributed by atoms with Gasteiger partial charge in [0.05, 0.1) is 11.1 Å². The Morgan fingerprint density at radius 2 is 1.33 bits per heavy atom. The molecule has 0 saturated heterocycles. The lowest BCUT2D eigenvalue weighted by Crippen LogP contribution is -2.16. The molecular weight excluding hydrogens is 645 g/mol. The van der Waals surface area contributed by atoms with Gasteiger partial charge in [0, 0.05) is 53.5 Å². The molecule has 0 amide bonds. The van der Waals surface area contributed by atoms with E-state index in [9.17, 15) is 0 Å². The summed E-state index contributed by atoms with van der Waals surface area (Å²) in [5, 5.41) is 4.55. The van der Waals surface area contributed by atoms with Gasteiger partial charge in [0.1, 0.15) is 16.7 Å². The van der Waals surface area contributed by atoms with Crippen molar-refractivity contribution in [3.05, 3.63) is 157 Å². The summed E-state index contributed by atoms with van der Waals surface area (Å²) in [7, 11) is 0. The molecule has 51 heavy (non-hydrogen) atoms. The molecule has 11 rings (SSSR count). The Morgan fingerprint density at radius 1 is 0.588 bits per heavy atom. The summed E-state index contributed by atoms with van der Waals surface area (Å²) in [4.78, 5) is 7.35. The van der Waals surface area contributed by atoms with Crippen molar-refractivity contribution >= 4 is 81.6 Å². The Hall–Kier alpha value is -6.17. The second-order valence-electron chi connectivity index (χ2n) is 13.9. The zero-order chi connectivity index (χ0) is 33.8. The molecule has 5 heteroatoms. The van der Waals surface area contributed by atoms with Crippen molar-refractivity contribution in [2.24, 2.45) is 0 Å². The van der Waals surface area contributed by atoms with Gasteiger partial charge in [-0.2, -0.15) is 0 Å². The molecule has 0 radical (unpaired) electrons. The molecule has 3 aromatic heterocycles. The summed E-state index contributed by atoms with van der Waals surface area (Å²) in [6, 6.07) is 51.9. The molecule has 7 aromatic carbocycles. The van der Waals surface area contributed by atoms with Gasteiger partial charge in [-0.1, -0.05) is 86.6 Å². The number of hydrogen-bond acceptors (Lipinski definition) is 5. The summed E-state index contributed by atoms with van der Waals surface area (Å²) in [6.07, 6.45) is 0. The first-order valence-corrected chi connectivity index (χ1v) is 18.1. The number of para-hydroxylation sites is 1. The third-order valence-corrected chi connectivity index (χ3v) is 11.9. The minimum atomic E-state index is -0.107. The number of rotatable bonds is 4. The highest BCUT2D eigenvalue weighted by Gasteiger charge is 2.37. The number of thiophene rings is 1. The second kappa shape index (κ2) is 10.4. The zero-order valence-electron chi connectivity index (χ0n) is 28.0. The van der Waals surface area contributed by atoms with E-state index in [1.165, 1.54) is 42.4 Å². The summed E-state index contributed by atoms with van der Waals surface area (Å²) in [5.41, 5.74) is 12.6. The number of benzene rings is 7. The van der Waals surface area contributed by atoms with Gasteiger partial charge >= 0.3 is 0 Å². The van der Waals surface area contributed by atoms with Gasteiger partial charge in [0.25, 0.3) is 0 Å². The summed E-state index contributed by atoms with van der Waals surface area (Å²) >= 11 is 1.85. The lowest BCUT2D eigenvalue weighted by atomic mass is 9.82. The fourth-order valence-electron chi connectivity index (χ4n) is 8.27. The molecule has 0 unspecified atom stereocenters. The van der Waals surface area contributed by atoms with Crippen LogP contribution in [0.3, 0.4) is 0 Å². The number of fused-ring (bicyclic) bond motifs is 11. The van der Waals surface area contributed by atoms with E-state index < -0.39 is 0 Å². The largest absolute Gasteiger partial charge is 0.456 e. The predicted octanol–water partition coefficient (Wildman–Crippen LogP) is 13.5. The molecule has 0 spiro atoms. The lowest BCUT2D eigenvalue weighted by molar-refractivity contribution is 0.622. The molecule has 0 aliphatic heterocycles. The highest BCUT2D eigenvalue weighted by Crippen LogP contribution is 2.54. The second-order valence-corrected chi connectivity index (χ2v) is 15.0. The average Bonchev–Trinajstić information content (AvgIpc) is 3.92. The molecule has 1 aliphatic carbocycles. The number of anilines is 3. The molecule has 242 valence electrons. The molecule has 1 aliphatic rings. The van der Waals surface area contributed by atoms with E-state index in [4.69, 9.17) is 13.8 Å². The van der Waals surface area contributed by atoms with Gasteiger partial charge in [-0.3, -0.25) is 0 Å². The topological polar surface area (TPSA) is 42.4 Å². The minimum absolute atomic E-state index is 0.107. The number of nitrogens with zero attached hydrogens (tertiary/aromatic N) is 2. The van der Waals surface area contributed by atoms with E-state index in [2.05, 4.69) is 134 Å². The third-order valence-electron chi connectivity index (χ3n) is 10.7. The Balaban J connectivity index is 1.09. The monoisotopic (exact) mass is 674 g/mol. The van der Waals surface area contributed by atoms with Crippen LogP contribution in [0.15, 0.2) is 154 Å². The van der Waals surface area contributed by atoms with Crippen molar-refractivity contribution in [1.82, 2.24) is 4.98 Å². The first kappa shape index (κ1) is 28.6. The van der Waals surface area contributed by atoms with Crippen molar-refractivity contribution in [3.8, 4) is 22.6 Å². The maximum Gasteiger partial charge on any atom is 0.227 e. The fraction of sp³-hybridized carbons (Fsp3) is 0.0652. The van der Waals surface area contributed by atoms with Crippen LogP contribution in [-0.4, -0.2) is 4.98 Å². The summed E-state index contributed by atoms with van der Waals surface area (Å²) in [5.74, 6) is 0.586. The van der Waals surface area contributed by atoms with E-state index in [0.29, 0.717) is 5.89 Å². The van der Waals surface area contributed by atoms with E-state index in [1.807, 2.05) is 41.7 Å². The van der Waals surface area contributed by atoms with Crippen LogP contribution >= 0.6 is 11.3 Å². The number of furan rings is 1. The van der Waals surface area contributed by atoms with Crippen molar-refractivity contribution in [2.45, 2.75) is 19.3 Å². The van der Waals surface area contributed by atoms with Crippen molar-refractivity contribution in [3.63, 3.8) is 0 Å². The molecule has 0 fully saturated rings. The molecule has 3 heterocycles. The minimum Gasteiger partial charge on any atom is -0.456 e. The van der Waals surface area contributed by atoms with E-state index in [1.54, 1.807) is 0 Å². The molecule has 0 bridgehead atoms. The normalized spacial score (nSPS) is 13.5. The number of hydrogen-bond donors (Lipinski definition) is 0. The maximum atomic E-state index is 6.52. The van der Waals surface area contributed by atoms with E-state index in [-0.39, 0.29) is 5.41 Å². The number of aromatic nitrogens is 1. The van der Waals surface area contributed by atoms with Gasteiger partial charge in [0.2, 0.25) is 5.89 Å². The van der Waals surface area contributed by atoms with Gasteiger partial charge in [0.15, 0.2) is 5.58 Å². The van der Waals surface area contributed by atoms with Gasteiger partial charge < -0.3 is 13.7 Å².